The highest BCUT2D eigenvalue weighted by atomic mass is 32.1. The van der Waals surface area contributed by atoms with Crippen LogP contribution in [0.2, 0.25) is 0 Å². The van der Waals surface area contributed by atoms with Gasteiger partial charge in [-0.05, 0) is 65.9 Å². The quantitative estimate of drug-likeness (QED) is 0.213. The van der Waals surface area contributed by atoms with E-state index in [4.69, 9.17) is 23.9 Å². The molecule has 0 spiro atoms. The SMILES string of the molecule is COc1cc(/C=C2\CCc3c2nc2ccccc2c3C(=O)OCc2nc3ccccc3s2)cc(OC)c1OC. The number of aromatic nitrogens is 2. The van der Waals surface area contributed by atoms with E-state index in [9.17, 15) is 4.79 Å². The van der Waals surface area contributed by atoms with Crippen LogP contribution in [0, 0.1) is 0 Å². The summed E-state index contributed by atoms with van der Waals surface area (Å²) in [6.07, 6.45) is 3.50. The van der Waals surface area contributed by atoms with Crippen LogP contribution in [0.1, 0.15) is 38.6 Å². The van der Waals surface area contributed by atoms with Gasteiger partial charge in [0.2, 0.25) is 5.75 Å². The van der Waals surface area contributed by atoms with Gasteiger partial charge in [-0.3, -0.25) is 0 Å². The van der Waals surface area contributed by atoms with Crippen molar-refractivity contribution in [3.8, 4) is 17.2 Å². The fourth-order valence-electron chi connectivity index (χ4n) is 5.08. The summed E-state index contributed by atoms with van der Waals surface area (Å²) in [6, 6.07) is 19.4. The van der Waals surface area contributed by atoms with E-state index < -0.39 is 0 Å². The number of benzene rings is 3. The highest BCUT2D eigenvalue weighted by Gasteiger charge is 2.28. The van der Waals surface area contributed by atoms with E-state index in [0.29, 0.717) is 29.2 Å². The van der Waals surface area contributed by atoms with E-state index in [1.807, 2.05) is 60.7 Å². The molecule has 0 aliphatic heterocycles. The van der Waals surface area contributed by atoms with Crippen molar-refractivity contribution < 1.29 is 23.7 Å². The number of thiazole rings is 1. The Morgan fingerprint density at radius 3 is 2.33 bits per heavy atom. The topological polar surface area (TPSA) is 79.8 Å². The van der Waals surface area contributed by atoms with Crippen LogP contribution in [0.5, 0.6) is 17.2 Å². The lowest BCUT2D eigenvalue weighted by Gasteiger charge is -2.14. The summed E-state index contributed by atoms with van der Waals surface area (Å²) in [4.78, 5) is 23.1. The normalized spacial score (nSPS) is 13.6. The molecule has 0 N–H and O–H groups in total. The van der Waals surface area contributed by atoms with Crippen LogP contribution in [0.25, 0.3) is 32.8 Å². The van der Waals surface area contributed by atoms with Crippen molar-refractivity contribution in [1.29, 1.82) is 0 Å². The number of allylic oxidation sites excluding steroid dienone is 1. The largest absolute Gasteiger partial charge is 0.493 e. The molecule has 1 aliphatic carbocycles. The third kappa shape index (κ3) is 4.57. The first-order valence-electron chi connectivity index (χ1n) is 12.5. The summed E-state index contributed by atoms with van der Waals surface area (Å²) in [5.41, 5.74) is 5.87. The van der Waals surface area contributed by atoms with Crippen molar-refractivity contribution in [3.05, 3.63) is 88.1 Å². The van der Waals surface area contributed by atoms with E-state index in [2.05, 4.69) is 11.1 Å². The average molecular weight is 539 g/mol. The minimum atomic E-state index is -0.363. The van der Waals surface area contributed by atoms with E-state index in [1.165, 1.54) is 11.3 Å². The monoisotopic (exact) mass is 538 g/mol. The van der Waals surface area contributed by atoms with E-state index in [-0.39, 0.29) is 12.6 Å². The Kier molecular flexibility index (Phi) is 6.62. The predicted molar refractivity (Wildman–Crippen MR) is 153 cm³/mol. The zero-order valence-electron chi connectivity index (χ0n) is 21.8. The molecule has 6 rings (SSSR count). The molecular formula is C31H26N2O5S. The average Bonchev–Trinajstić information content (AvgIpc) is 3.57. The first-order chi connectivity index (χ1) is 19.1. The van der Waals surface area contributed by atoms with Gasteiger partial charge in [-0.2, -0.15) is 0 Å². The Morgan fingerprint density at radius 2 is 1.62 bits per heavy atom. The molecule has 0 saturated carbocycles. The Bertz CT molecular complexity index is 1700. The zero-order chi connectivity index (χ0) is 26.9. The summed E-state index contributed by atoms with van der Waals surface area (Å²) < 4.78 is 23.4. The summed E-state index contributed by atoms with van der Waals surface area (Å²) >= 11 is 1.53. The van der Waals surface area contributed by atoms with Crippen molar-refractivity contribution >= 4 is 50.1 Å². The number of hydrogen-bond donors (Lipinski definition) is 0. The first kappa shape index (κ1) is 24.9. The maximum atomic E-state index is 13.6. The van der Waals surface area contributed by atoms with Crippen molar-refractivity contribution in [3.63, 3.8) is 0 Å². The second-order valence-corrected chi connectivity index (χ2v) is 10.2. The smallest absolute Gasteiger partial charge is 0.339 e. The molecule has 5 aromatic rings. The molecule has 39 heavy (non-hydrogen) atoms. The highest BCUT2D eigenvalue weighted by Crippen LogP contribution is 2.42. The molecule has 0 saturated heterocycles. The van der Waals surface area contributed by atoms with Gasteiger partial charge in [0.05, 0.1) is 48.3 Å². The number of esters is 1. The third-order valence-electron chi connectivity index (χ3n) is 6.84. The van der Waals surface area contributed by atoms with Gasteiger partial charge < -0.3 is 18.9 Å². The second kappa shape index (κ2) is 10.4. The number of ether oxygens (including phenoxy) is 4. The Labute approximate surface area is 229 Å². The van der Waals surface area contributed by atoms with Gasteiger partial charge in [-0.25, -0.2) is 14.8 Å². The number of pyridine rings is 1. The molecule has 0 amide bonds. The lowest BCUT2D eigenvalue weighted by molar-refractivity contribution is 0.0473. The van der Waals surface area contributed by atoms with E-state index in [1.54, 1.807) is 21.3 Å². The molecule has 0 atom stereocenters. The number of methoxy groups -OCH3 is 3. The Balaban J connectivity index is 1.38. The number of carbonyl (C=O) groups excluding carboxylic acids is 1. The van der Waals surface area contributed by atoms with Crippen LogP contribution in [0.3, 0.4) is 0 Å². The van der Waals surface area contributed by atoms with Crippen molar-refractivity contribution in [2.75, 3.05) is 21.3 Å². The lowest BCUT2D eigenvalue weighted by Crippen LogP contribution is -2.10. The molecule has 196 valence electrons. The lowest BCUT2D eigenvalue weighted by atomic mass is 10.0. The number of rotatable bonds is 7. The summed E-state index contributed by atoms with van der Waals surface area (Å²) in [6.45, 7) is 0.123. The molecule has 0 bridgehead atoms. The molecule has 2 heterocycles. The highest BCUT2D eigenvalue weighted by molar-refractivity contribution is 7.18. The van der Waals surface area contributed by atoms with Crippen LogP contribution in [0.4, 0.5) is 0 Å². The minimum absolute atomic E-state index is 0.123. The van der Waals surface area contributed by atoms with Gasteiger partial charge in [-0.15, -0.1) is 11.3 Å². The number of nitrogens with zero attached hydrogens (tertiary/aromatic N) is 2. The zero-order valence-corrected chi connectivity index (χ0v) is 22.6. The first-order valence-corrected chi connectivity index (χ1v) is 13.4. The molecule has 7 nitrogen and oxygen atoms in total. The number of para-hydroxylation sites is 2. The molecule has 0 unspecified atom stereocenters. The molecule has 3 aromatic carbocycles. The van der Waals surface area contributed by atoms with Crippen molar-refractivity contribution in [2.45, 2.75) is 19.4 Å². The Hall–Kier alpha value is -4.43. The van der Waals surface area contributed by atoms with E-state index in [0.717, 1.165) is 54.9 Å². The van der Waals surface area contributed by atoms with Gasteiger partial charge in [0.1, 0.15) is 11.6 Å². The second-order valence-electron chi connectivity index (χ2n) is 9.11. The van der Waals surface area contributed by atoms with Gasteiger partial charge in [0, 0.05) is 5.39 Å². The molecule has 1 aliphatic rings. The van der Waals surface area contributed by atoms with Gasteiger partial charge in [0.15, 0.2) is 11.5 Å². The molecule has 8 heteroatoms. The minimum Gasteiger partial charge on any atom is -0.493 e. The van der Waals surface area contributed by atoms with Gasteiger partial charge in [0.25, 0.3) is 0 Å². The maximum absolute atomic E-state index is 13.6. The summed E-state index contributed by atoms with van der Waals surface area (Å²) in [5.74, 6) is 1.33. The fourth-order valence-corrected chi connectivity index (χ4v) is 5.96. The van der Waals surface area contributed by atoms with Crippen LogP contribution >= 0.6 is 11.3 Å². The fraction of sp³-hybridized carbons (Fsp3) is 0.194. The van der Waals surface area contributed by atoms with Crippen LogP contribution < -0.4 is 14.2 Å². The molecule has 2 aromatic heterocycles. The summed E-state index contributed by atoms with van der Waals surface area (Å²) in [7, 11) is 4.77. The maximum Gasteiger partial charge on any atom is 0.339 e. The van der Waals surface area contributed by atoms with Crippen LogP contribution in [0.15, 0.2) is 60.7 Å². The molecule has 0 radical (unpaired) electrons. The van der Waals surface area contributed by atoms with Crippen LogP contribution in [-0.4, -0.2) is 37.3 Å². The van der Waals surface area contributed by atoms with Gasteiger partial charge >= 0.3 is 5.97 Å². The van der Waals surface area contributed by atoms with Crippen molar-refractivity contribution in [2.24, 2.45) is 0 Å². The molecular weight excluding hydrogens is 512 g/mol. The molecule has 0 fully saturated rings. The summed E-state index contributed by atoms with van der Waals surface area (Å²) in [5, 5.41) is 1.56. The van der Waals surface area contributed by atoms with Gasteiger partial charge in [-0.1, -0.05) is 30.3 Å². The number of carbonyl (C=O) groups is 1. The standard InChI is InChI=1S/C31H26N2O5S/c1-35-24-15-18(16-25(36-2)30(24)37-3)14-19-12-13-21-28(20-8-4-5-9-22(20)33-29(19)21)31(34)38-17-27-32-23-10-6-7-11-26(23)39-27/h4-11,14-16H,12-13,17H2,1-3H3/b19-14+. The predicted octanol–water partition coefficient (Wildman–Crippen LogP) is 6.71. The number of fused-ring (bicyclic) bond motifs is 3. The van der Waals surface area contributed by atoms with Crippen molar-refractivity contribution in [1.82, 2.24) is 9.97 Å². The van der Waals surface area contributed by atoms with E-state index >= 15 is 0 Å². The third-order valence-corrected chi connectivity index (χ3v) is 7.85. The van der Waals surface area contributed by atoms with Crippen LogP contribution in [-0.2, 0) is 17.8 Å². The Morgan fingerprint density at radius 1 is 0.897 bits per heavy atom. The number of hydrogen-bond acceptors (Lipinski definition) is 8.